The molecular formula is C20H22N2O3S2. The number of anilines is 1. The highest BCUT2D eigenvalue weighted by Crippen LogP contribution is 2.36. The van der Waals surface area contributed by atoms with Gasteiger partial charge in [-0.2, -0.15) is 4.31 Å². The van der Waals surface area contributed by atoms with Gasteiger partial charge in [-0.15, -0.1) is 11.8 Å². The lowest BCUT2D eigenvalue weighted by Crippen LogP contribution is -2.36. The summed E-state index contributed by atoms with van der Waals surface area (Å²) in [4.78, 5) is 15.0. The van der Waals surface area contributed by atoms with Crippen LogP contribution in [0.15, 0.2) is 52.3 Å². The number of amides is 1. The van der Waals surface area contributed by atoms with Crippen LogP contribution >= 0.6 is 11.8 Å². The lowest BCUT2D eigenvalue weighted by Gasteiger charge is -2.29. The smallest absolute Gasteiger partial charge is 0.243 e. The van der Waals surface area contributed by atoms with Gasteiger partial charge in [0.15, 0.2) is 0 Å². The predicted octanol–water partition coefficient (Wildman–Crippen LogP) is 3.28. The molecule has 0 spiro atoms. The van der Waals surface area contributed by atoms with E-state index in [1.54, 1.807) is 33.1 Å². The molecule has 2 aliphatic rings. The minimum Gasteiger partial charge on any atom is -0.311 e. The Kier molecular flexibility index (Phi) is 5.01. The molecular weight excluding hydrogens is 380 g/mol. The van der Waals surface area contributed by atoms with E-state index in [1.165, 1.54) is 12.5 Å². The number of carbonyl (C=O) groups is 1. The monoisotopic (exact) mass is 402 g/mol. The Bertz CT molecular complexity index is 988. The minimum atomic E-state index is -3.61. The second-order valence-electron chi connectivity index (χ2n) is 6.86. The van der Waals surface area contributed by atoms with Crippen LogP contribution in [0.2, 0.25) is 0 Å². The van der Waals surface area contributed by atoms with E-state index < -0.39 is 10.0 Å². The fraction of sp³-hybridized carbons (Fsp3) is 0.350. The number of carbonyl (C=O) groups excluding carboxylic acids is 1. The third-order valence-electron chi connectivity index (χ3n) is 5.12. The van der Waals surface area contributed by atoms with Crippen LogP contribution in [0.1, 0.15) is 24.5 Å². The van der Waals surface area contributed by atoms with Crippen LogP contribution in [0, 0.1) is 0 Å². The van der Waals surface area contributed by atoms with Gasteiger partial charge in [0.05, 0.1) is 10.6 Å². The van der Waals surface area contributed by atoms with Gasteiger partial charge < -0.3 is 4.90 Å². The van der Waals surface area contributed by atoms with E-state index in [0.29, 0.717) is 25.3 Å². The Hall–Kier alpha value is -1.83. The number of hydrogen-bond acceptors (Lipinski definition) is 4. The van der Waals surface area contributed by atoms with Gasteiger partial charge in [0.25, 0.3) is 0 Å². The largest absolute Gasteiger partial charge is 0.311 e. The van der Waals surface area contributed by atoms with Crippen molar-refractivity contribution in [3.63, 3.8) is 0 Å². The number of fused-ring (bicyclic) bond motifs is 2. The van der Waals surface area contributed by atoms with Crippen molar-refractivity contribution in [2.45, 2.75) is 36.1 Å². The van der Waals surface area contributed by atoms with E-state index in [4.69, 9.17) is 0 Å². The summed E-state index contributed by atoms with van der Waals surface area (Å²) in [7, 11) is -3.61. The summed E-state index contributed by atoms with van der Waals surface area (Å²) in [6.45, 7) is 3.01. The number of rotatable bonds is 2. The molecule has 0 fully saturated rings. The first kappa shape index (κ1) is 18.5. The molecule has 0 unspecified atom stereocenters. The molecule has 0 radical (unpaired) electrons. The molecule has 0 saturated carbocycles. The first-order chi connectivity index (χ1) is 13.0. The summed E-state index contributed by atoms with van der Waals surface area (Å²) in [5, 5.41) is 0. The highest BCUT2D eigenvalue weighted by atomic mass is 32.2. The van der Waals surface area contributed by atoms with Gasteiger partial charge in [-0.25, -0.2) is 8.42 Å². The molecule has 0 aromatic heterocycles. The maximum absolute atomic E-state index is 13.3. The molecule has 1 amide bonds. The Balaban J connectivity index is 1.70. The third-order valence-corrected chi connectivity index (χ3v) is 8.11. The van der Waals surface area contributed by atoms with Crippen molar-refractivity contribution >= 4 is 33.4 Å². The first-order valence-electron chi connectivity index (χ1n) is 9.09. The Labute approximate surface area is 164 Å². The summed E-state index contributed by atoms with van der Waals surface area (Å²) in [5.41, 5.74) is 2.98. The average molecular weight is 403 g/mol. The molecule has 0 aliphatic carbocycles. The minimum absolute atomic E-state index is 0.0554. The zero-order valence-corrected chi connectivity index (χ0v) is 16.9. The lowest BCUT2D eigenvalue weighted by molar-refractivity contribution is -0.116. The Morgan fingerprint density at radius 2 is 1.85 bits per heavy atom. The van der Waals surface area contributed by atoms with Crippen LogP contribution in [0.4, 0.5) is 5.69 Å². The number of thioether (sulfide) groups is 1. The molecule has 27 heavy (non-hydrogen) atoms. The van der Waals surface area contributed by atoms with Crippen LogP contribution in [-0.4, -0.2) is 37.5 Å². The van der Waals surface area contributed by atoms with E-state index in [0.717, 1.165) is 29.1 Å². The summed E-state index contributed by atoms with van der Waals surface area (Å²) in [6.07, 6.45) is 1.61. The fourth-order valence-corrected chi connectivity index (χ4v) is 6.08. The predicted molar refractivity (Wildman–Crippen MR) is 108 cm³/mol. The molecule has 2 aromatic carbocycles. The topological polar surface area (TPSA) is 57.7 Å². The van der Waals surface area contributed by atoms with Crippen LogP contribution < -0.4 is 4.90 Å². The maximum atomic E-state index is 13.3. The highest BCUT2D eigenvalue weighted by molar-refractivity contribution is 7.99. The molecule has 2 aliphatic heterocycles. The van der Waals surface area contributed by atoms with Crippen molar-refractivity contribution < 1.29 is 13.2 Å². The molecule has 5 nitrogen and oxygen atoms in total. The molecule has 0 atom stereocenters. The van der Waals surface area contributed by atoms with Crippen molar-refractivity contribution in [3.05, 3.63) is 53.6 Å². The van der Waals surface area contributed by atoms with E-state index in [-0.39, 0.29) is 10.8 Å². The van der Waals surface area contributed by atoms with Gasteiger partial charge in [-0.3, -0.25) is 4.79 Å². The number of sulfonamides is 1. The van der Waals surface area contributed by atoms with Crippen LogP contribution in [0.3, 0.4) is 0 Å². The molecule has 2 heterocycles. The van der Waals surface area contributed by atoms with Gasteiger partial charge in [0.1, 0.15) is 0 Å². The maximum Gasteiger partial charge on any atom is 0.243 e. The average Bonchev–Trinajstić information content (AvgIpc) is 2.89. The molecule has 2 aromatic rings. The Morgan fingerprint density at radius 3 is 2.63 bits per heavy atom. The molecule has 0 bridgehead atoms. The van der Waals surface area contributed by atoms with Crippen molar-refractivity contribution in [1.82, 2.24) is 4.31 Å². The summed E-state index contributed by atoms with van der Waals surface area (Å²) >= 11 is 1.67. The van der Waals surface area contributed by atoms with Crippen molar-refractivity contribution in [2.24, 2.45) is 0 Å². The van der Waals surface area contributed by atoms with Crippen LogP contribution in [0.5, 0.6) is 0 Å². The molecule has 7 heteroatoms. The van der Waals surface area contributed by atoms with Gasteiger partial charge in [0, 0.05) is 31.5 Å². The standard InChI is InChI=1S/C20H22N2O3S2/c1-15(23)22-10-4-12-26-20-8-7-18(13-19(20)22)27(24,25)21-11-9-16-5-2-3-6-17(16)14-21/h2-3,5-8,13H,4,9-12,14H2,1H3. The van der Waals surface area contributed by atoms with Crippen molar-refractivity contribution in [1.29, 1.82) is 0 Å². The van der Waals surface area contributed by atoms with E-state index in [9.17, 15) is 13.2 Å². The zero-order valence-electron chi connectivity index (χ0n) is 15.2. The summed E-state index contributed by atoms with van der Waals surface area (Å²) < 4.78 is 28.1. The van der Waals surface area contributed by atoms with E-state index >= 15 is 0 Å². The first-order valence-corrected chi connectivity index (χ1v) is 11.5. The van der Waals surface area contributed by atoms with E-state index in [1.807, 2.05) is 24.3 Å². The van der Waals surface area contributed by atoms with Gasteiger partial charge in [0.2, 0.25) is 15.9 Å². The number of hydrogen-bond donors (Lipinski definition) is 0. The van der Waals surface area contributed by atoms with Gasteiger partial charge >= 0.3 is 0 Å². The fourth-order valence-electron chi connectivity index (χ4n) is 3.67. The SMILES string of the molecule is CC(=O)N1CCCSc2ccc(S(=O)(=O)N3CCc4ccccc4C3)cc21. The Morgan fingerprint density at radius 1 is 1.07 bits per heavy atom. The quantitative estimate of drug-likeness (QED) is 0.774. The summed E-state index contributed by atoms with van der Waals surface area (Å²) in [5.74, 6) is 0.867. The van der Waals surface area contributed by atoms with E-state index in [2.05, 4.69) is 6.07 Å². The van der Waals surface area contributed by atoms with Crippen molar-refractivity contribution in [3.8, 4) is 0 Å². The highest BCUT2D eigenvalue weighted by Gasteiger charge is 2.30. The third kappa shape index (κ3) is 3.51. The molecule has 4 rings (SSSR count). The number of benzene rings is 2. The van der Waals surface area contributed by atoms with Crippen LogP contribution in [-0.2, 0) is 27.8 Å². The second-order valence-corrected chi connectivity index (χ2v) is 9.93. The zero-order chi connectivity index (χ0) is 19.0. The normalized spacial score (nSPS) is 17.7. The van der Waals surface area contributed by atoms with Crippen molar-refractivity contribution in [2.75, 3.05) is 23.7 Å². The lowest BCUT2D eigenvalue weighted by atomic mass is 10.0. The second kappa shape index (κ2) is 7.30. The van der Waals surface area contributed by atoms with Crippen LogP contribution in [0.25, 0.3) is 0 Å². The molecule has 0 saturated heterocycles. The number of nitrogens with zero attached hydrogens (tertiary/aromatic N) is 2. The molecule has 0 N–H and O–H groups in total. The van der Waals surface area contributed by atoms with Gasteiger partial charge in [-0.1, -0.05) is 24.3 Å². The van der Waals surface area contributed by atoms with Gasteiger partial charge in [-0.05, 0) is 47.9 Å². The summed E-state index contributed by atoms with van der Waals surface area (Å²) in [6, 6.07) is 13.2. The molecule has 142 valence electrons.